The summed E-state index contributed by atoms with van der Waals surface area (Å²) in [5.74, 6) is 0. The molecule has 2 N–H and O–H groups in total. The van der Waals surface area contributed by atoms with Gasteiger partial charge in [0.25, 0.3) is 0 Å². The Labute approximate surface area is 66.8 Å². The van der Waals surface area contributed by atoms with Crippen molar-refractivity contribution >= 4 is 17.6 Å². The number of nitrogens with two attached hydrogens (primary N) is 1. The topological polar surface area (TPSA) is 38.4 Å². The molecule has 0 aromatic heterocycles. The zero-order valence-corrected chi connectivity index (χ0v) is 6.83. The third-order valence-corrected chi connectivity index (χ3v) is 1.49. The van der Waals surface area contributed by atoms with Gasteiger partial charge in [-0.05, 0) is 37.6 Å². The second-order valence-electron chi connectivity index (χ2n) is 2.43. The molecule has 1 aromatic carbocycles. The minimum atomic E-state index is 0.789. The van der Waals surface area contributed by atoms with Crippen LogP contribution in [0.15, 0.2) is 23.2 Å². The lowest BCUT2D eigenvalue weighted by Gasteiger charge is -1.99. The number of aryl methyl sites for hydroxylation is 1. The SMILES string of the molecule is C/C=N\c1ccc(N)cc1C. The standard InChI is InChI=1S/C9H12N2/c1-3-11-9-5-4-8(10)6-7(9)2/h3-6H,10H2,1-2H3/b11-3-. The van der Waals surface area contributed by atoms with Gasteiger partial charge in [0.2, 0.25) is 0 Å². The van der Waals surface area contributed by atoms with E-state index in [4.69, 9.17) is 5.73 Å². The van der Waals surface area contributed by atoms with Crippen LogP contribution >= 0.6 is 0 Å². The monoisotopic (exact) mass is 148 g/mol. The number of hydrogen-bond donors (Lipinski definition) is 1. The van der Waals surface area contributed by atoms with Gasteiger partial charge in [0.05, 0.1) is 5.69 Å². The molecule has 0 spiro atoms. The molecule has 0 saturated carbocycles. The van der Waals surface area contributed by atoms with Gasteiger partial charge in [0.15, 0.2) is 0 Å². The Balaban J connectivity index is 3.09. The molecule has 1 rings (SSSR count). The van der Waals surface area contributed by atoms with Crippen molar-refractivity contribution in [3.05, 3.63) is 23.8 Å². The molecule has 0 aliphatic carbocycles. The summed E-state index contributed by atoms with van der Waals surface area (Å²) in [5, 5.41) is 0. The zero-order chi connectivity index (χ0) is 8.27. The van der Waals surface area contributed by atoms with E-state index in [0.29, 0.717) is 0 Å². The van der Waals surface area contributed by atoms with Gasteiger partial charge in [-0.15, -0.1) is 0 Å². The molecule has 2 nitrogen and oxygen atoms in total. The molecular formula is C9H12N2. The summed E-state index contributed by atoms with van der Waals surface area (Å²) in [6, 6.07) is 5.70. The van der Waals surface area contributed by atoms with Crippen LogP contribution in [0.2, 0.25) is 0 Å². The van der Waals surface area contributed by atoms with Crippen LogP contribution < -0.4 is 5.73 Å². The number of nitrogens with zero attached hydrogens (tertiary/aromatic N) is 1. The lowest BCUT2D eigenvalue weighted by molar-refractivity contribution is 1.40. The Morgan fingerprint density at radius 2 is 2.18 bits per heavy atom. The number of benzene rings is 1. The van der Waals surface area contributed by atoms with Crippen LogP contribution in [0.5, 0.6) is 0 Å². The molecule has 0 unspecified atom stereocenters. The Hall–Kier alpha value is -1.31. The molecule has 0 amide bonds. The molecule has 0 atom stereocenters. The first kappa shape index (κ1) is 7.79. The predicted molar refractivity (Wildman–Crippen MR) is 49.4 cm³/mol. The van der Waals surface area contributed by atoms with Gasteiger partial charge in [-0.3, -0.25) is 4.99 Å². The van der Waals surface area contributed by atoms with E-state index in [2.05, 4.69) is 4.99 Å². The van der Waals surface area contributed by atoms with Crippen LogP contribution in [0.4, 0.5) is 11.4 Å². The fraction of sp³-hybridized carbons (Fsp3) is 0.222. The summed E-state index contributed by atoms with van der Waals surface area (Å²) in [6.07, 6.45) is 1.78. The molecule has 0 aliphatic rings. The highest BCUT2D eigenvalue weighted by atomic mass is 14.7. The second kappa shape index (κ2) is 3.19. The molecule has 0 fully saturated rings. The molecular weight excluding hydrogens is 136 g/mol. The number of rotatable bonds is 1. The van der Waals surface area contributed by atoms with Gasteiger partial charge in [0, 0.05) is 11.9 Å². The van der Waals surface area contributed by atoms with Crippen LogP contribution in [-0.2, 0) is 0 Å². The van der Waals surface area contributed by atoms with Crippen LogP contribution in [0, 0.1) is 6.92 Å². The van der Waals surface area contributed by atoms with Crippen molar-refractivity contribution in [1.29, 1.82) is 0 Å². The minimum absolute atomic E-state index is 0.789. The van der Waals surface area contributed by atoms with Crippen LogP contribution in [0.25, 0.3) is 0 Å². The molecule has 0 radical (unpaired) electrons. The molecule has 11 heavy (non-hydrogen) atoms. The quantitative estimate of drug-likeness (QED) is 0.481. The average molecular weight is 148 g/mol. The van der Waals surface area contributed by atoms with Crippen LogP contribution in [-0.4, -0.2) is 6.21 Å². The van der Waals surface area contributed by atoms with Crippen molar-refractivity contribution in [2.75, 3.05) is 5.73 Å². The molecule has 0 bridgehead atoms. The zero-order valence-electron chi connectivity index (χ0n) is 6.83. The summed E-state index contributed by atoms with van der Waals surface area (Å²) in [4.78, 5) is 4.17. The van der Waals surface area contributed by atoms with E-state index < -0.39 is 0 Å². The van der Waals surface area contributed by atoms with Crippen LogP contribution in [0.1, 0.15) is 12.5 Å². The van der Waals surface area contributed by atoms with Gasteiger partial charge in [-0.2, -0.15) is 0 Å². The van der Waals surface area contributed by atoms with E-state index in [1.54, 1.807) is 6.21 Å². The number of anilines is 1. The van der Waals surface area contributed by atoms with E-state index in [-0.39, 0.29) is 0 Å². The van der Waals surface area contributed by atoms with Gasteiger partial charge in [-0.25, -0.2) is 0 Å². The summed E-state index contributed by atoms with van der Waals surface area (Å²) < 4.78 is 0. The van der Waals surface area contributed by atoms with Crippen molar-refractivity contribution in [3.63, 3.8) is 0 Å². The van der Waals surface area contributed by atoms with E-state index >= 15 is 0 Å². The Bertz CT molecular complexity index is 277. The van der Waals surface area contributed by atoms with E-state index in [9.17, 15) is 0 Å². The van der Waals surface area contributed by atoms with Crippen molar-refractivity contribution < 1.29 is 0 Å². The van der Waals surface area contributed by atoms with Gasteiger partial charge >= 0.3 is 0 Å². The fourth-order valence-corrected chi connectivity index (χ4v) is 0.963. The lowest BCUT2D eigenvalue weighted by atomic mass is 10.2. The third kappa shape index (κ3) is 1.80. The summed E-state index contributed by atoms with van der Waals surface area (Å²) >= 11 is 0. The van der Waals surface area contributed by atoms with Crippen molar-refractivity contribution in [1.82, 2.24) is 0 Å². The maximum absolute atomic E-state index is 5.57. The van der Waals surface area contributed by atoms with Crippen LogP contribution in [0.3, 0.4) is 0 Å². The highest BCUT2D eigenvalue weighted by molar-refractivity contribution is 5.64. The molecule has 0 heterocycles. The van der Waals surface area contributed by atoms with Gasteiger partial charge in [-0.1, -0.05) is 0 Å². The first-order chi connectivity index (χ1) is 5.24. The Morgan fingerprint density at radius 1 is 1.45 bits per heavy atom. The first-order valence-corrected chi connectivity index (χ1v) is 3.59. The summed E-state index contributed by atoms with van der Waals surface area (Å²) in [5.41, 5.74) is 8.46. The molecule has 58 valence electrons. The highest BCUT2D eigenvalue weighted by Gasteiger charge is 1.93. The highest BCUT2D eigenvalue weighted by Crippen LogP contribution is 2.19. The molecule has 1 aromatic rings. The normalized spacial score (nSPS) is 10.7. The molecule has 0 saturated heterocycles. The van der Waals surface area contributed by atoms with Gasteiger partial charge in [0.1, 0.15) is 0 Å². The summed E-state index contributed by atoms with van der Waals surface area (Å²) in [6.45, 7) is 3.90. The number of aliphatic imine (C=N–C) groups is 1. The second-order valence-corrected chi connectivity index (χ2v) is 2.43. The number of hydrogen-bond acceptors (Lipinski definition) is 2. The summed E-state index contributed by atoms with van der Waals surface area (Å²) in [7, 11) is 0. The van der Waals surface area contributed by atoms with E-state index in [1.807, 2.05) is 32.0 Å². The van der Waals surface area contributed by atoms with E-state index in [0.717, 1.165) is 16.9 Å². The van der Waals surface area contributed by atoms with Crippen molar-refractivity contribution in [2.24, 2.45) is 4.99 Å². The largest absolute Gasteiger partial charge is 0.399 e. The third-order valence-electron chi connectivity index (χ3n) is 1.49. The van der Waals surface area contributed by atoms with Crippen molar-refractivity contribution in [2.45, 2.75) is 13.8 Å². The number of nitrogen functional groups attached to an aromatic ring is 1. The predicted octanol–water partition coefficient (Wildman–Crippen LogP) is 2.30. The Kier molecular flexibility index (Phi) is 2.26. The molecule has 2 heteroatoms. The van der Waals surface area contributed by atoms with Gasteiger partial charge < -0.3 is 5.73 Å². The average Bonchev–Trinajstić information content (AvgIpc) is 1.95. The first-order valence-electron chi connectivity index (χ1n) is 3.59. The smallest absolute Gasteiger partial charge is 0.0656 e. The van der Waals surface area contributed by atoms with Crippen molar-refractivity contribution in [3.8, 4) is 0 Å². The van der Waals surface area contributed by atoms with E-state index in [1.165, 1.54) is 0 Å². The minimum Gasteiger partial charge on any atom is -0.399 e. The maximum Gasteiger partial charge on any atom is 0.0656 e. The fourth-order valence-electron chi connectivity index (χ4n) is 0.963. The lowest BCUT2D eigenvalue weighted by Crippen LogP contribution is -1.84. The molecule has 0 aliphatic heterocycles. The maximum atomic E-state index is 5.57. The Morgan fingerprint density at radius 3 is 2.73 bits per heavy atom.